The molecule has 1 aliphatic rings. The van der Waals surface area contributed by atoms with Gasteiger partial charge in [-0.3, -0.25) is 0 Å². The van der Waals surface area contributed by atoms with Crippen molar-refractivity contribution in [2.75, 3.05) is 11.4 Å². The van der Waals surface area contributed by atoms with Crippen LogP contribution in [0.15, 0.2) is 12.1 Å². The van der Waals surface area contributed by atoms with Crippen LogP contribution < -0.4 is 4.90 Å². The summed E-state index contributed by atoms with van der Waals surface area (Å²) < 4.78 is 1.69. The van der Waals surface area contributed by atoms with Gasteiger partial charge in [0.1, 0.15) is 11.9 Å². The number of hydrogen-bond donors (Lipinski definition) is 1. The normalized spacial score (nSPS) is 18.0. The van der Waals surface area contributed by atoms with Crippen LogP contribution in [0.4, 0.5) is 5.82 Å². The largest absolute Gasteiger partial charge is 0.480 e. The number of aryl methyl sites for hydroxylation is 3. The fraction of sp³-hybridized carbons (Fsp3) is 0.467. The minimum Gasteiger partial charge on any atom is -0.480 e. The Morgan fingerprint density at radius 3 is 2.64 bits per heavy atom. The molecule has 0 bridgehead atoms. The number of aliphatic carboxylic acids is 1. The van der Waals surface area contributed by atoms with Gasteiger partial charge >= 0.3 is 5.97 Å². The zero-order valence-corrected chi connectivity index (χ0v) is 12.9. The number of carbonyl (C=O) groups is 1. The number of anilines is 1. The third-order valence-corrected chi connectivity index (χ3v) is 3.86. The lowest BCUT2D eigenvalue weighted by atomic mass is 10.2. The highest BCUT2D eigenvalue weighted by atomic mass is 16.4. The van der Waals surface area contributed by atoms with E-state index in [4.69, 9.17) is 0 Å². The summed E-state index contributed by atoms with van der Waals surface area (Å²) in [7, 11) is 0. The number of carboxylic acid groups (broad SMARTS) is 1. The van der Waals surface area contributed by atoms with Crippen LogP contribution in [0.1, 0.15) is 29.9 Å². The molecule has 22 heavy (non-hydrogen) atoms. The van der Waals surface area contributed by atoms with E-state index < -0.39 is 12.0 Å². The predicted molar refractivity (Wildman–Crippen MR) is 81.4 cm³/mol. The van der Waals surface area contributed by atoms with Gasteiger partial charge < -0.3 is 10.0 Å². The van der Waals surface area contributed by atoms with Crippen molar-refractivity contribution in [2.24, 2.45) is 0 Å². The van der Waals surface area contributed by atoms with Gasteiger partial charge in [0, 0.05) is 24.0 Å². The van der Waals surface area contributed by atoms with Crippen LogP contribution in [-0.2, 0) is 4.79 Å². The number of hydrogen-bond acceptors (Lipinski definition) is 5. The van der Waals surface area contributed by atoms with Gasteiger partial charge in [-0.05, 0) is 39.7 Å². The van der Waals surface area contributed by atoms with Gasteiger partial charge in [-0.1, -0.05) is 0 Å². The summed E-state index contributed by atoms with van der Waals surface area (Å²) in [5.41, 5.74) is 2.64. The summed E-state index contributed by atoms with van der Waals surface area (Å²) in [6.07, 6.45) is 1.50. The van der Waals surface area contributed by atoms with Crippen LogP contribution in [-0.4, -0.2) is 43.4 Å². The topological polar surface area (TPSA) is 84.1 Å². The first-order valence-electron chi connectivity index (χ1n) is 7.34. The minimum atomic E-state index is -0.804. The molecule has 1 N–H and O–H groups in total. The molecule has 0 spiro atoms. The third kappa shape index (κ3) is 2.54. The summed E-state index contributed by atoms with van der Waals surface area (Å²) >= 11 is 0. The van der Waals surface area contributed by atoms with Crippen molar-refractivity contribution in [1.82, 2.24) is 19.7 Å². The zero-order chi connectivity index (χ0) is 15.9. The van der Waals surface area contributed by atoms with Gasteiger partial charge in [0.05, 0.1) is 5.69 Å². The van der Waals surface area contributed by atoms with Crippen LogP contribution in [0.2, 0.25) is 0 Å². The predicted octanol–water partition coefficient (Wildman–Crippen LogP) is 1.64. The first-order valence-corrected chi connectivity index (χ1v) is 7.34. The van der Waals surface area contributed by atoms with Gasteiger partial charge in [0.2, 0.25) is 0 Å². The van der Waals surface area contributed by atoms with Crippen molar-refractivity contribution in [3.63, 3.8) is 0 Å². The smallest absolute Gasteiger partial charge is 0.326 e. The number of rotatable bonds is 3. The lowest BCUT2D eigenvalue weighted by molar-refractivity contribution is -0.138. The SMILES string of the molecule is Cc1cc(N2CCCC2C(=O)O)nc(-n2nc(C)cc2C)n1. The van der Waals surface area contributed by atoms with Gasteiger partial charge in [0.25, 0.3) is 5.95 Å². The maximum Gasteiger partial charge on any atom is 0.326 e. The summed E-state index contributed by atoms with van der Waals surface area (Å²) in [5, 5.41) is 13.7. The second-order valence-electron chi connectivity index (χ2n) is 5.70. The molecule has 1 unspecified atom stereocenters. The van der Waals surface area contributed by atoms with Crippen LogP contribution >= 0.6 is 0 Å². The lowest BCUT2D eigenvalue weighted by Crippen LogP contribution is -2.36. The van der Waals surface area contributed by atoms with Crippen molar-refractivity contribution in [1.29, 1.82) is 0 Å². The molecule has 1 saturated heterocycles. The van der Waals surface area contributed by atoms with E-state index in [1.807, 2.05) is 37.8 Å². The standard InChI is InChI=1S/C15H19N5O2/c1-9-8-13(19-6-4-5-12(19)14(21)22)17-15(16-9)20-11(3)7-10(2)18-20/h7-8,12H,4-6H2,1-3H3,(H,21,22). The Balaban J connectivity index is 2.03. The van der Waals surface area contributed by atoms with Crippen LogP contribution in [0, 0.1) is 20.8 Å². The van der Waals surface area contributed by atoms with Crippen molar-refractivity contribution < 1.29 is 9.90 Å². The highest BCUT2D eigenvalue weighted by Gasteiger charge is 2.32. The monoisotopic (exact) mass is 301 g/mol. The number of carboxylic acids is 1. The Morgan fingerprint density at radius 2 is 2.00 bits per heavy atom. The van der Waals surface area contributed by atoms with Crippen molar-refractivity contribution in [3.05, 3.63) is 29.2 Å². The van der Waals surface area contributed by atoms with Gasteiger partial charge in [-0.15, -0.1) is 0 Å². The average Bonchev–Trinajstić information content (AvgIpc) is 3.04. The molecule has 116 valence electrons. The van der Waals surface area contributed by atoms with Crippen molar-refractivity contribution >= 4 is 11.8 Å². The molecule has 7 nitrogen and oxygen atoms in total. The Kier molecular flexibility index (Phi) is 3.56. The second kappa shape index (κ2) is 5.40. The van der Waals surface area contributed by atoms with Crippen LogP contribution in [0.5, 0.6) is 0 Å². The lowest BCUT2D eigenvalue weighted by Gasteiger charge is -2.23. The van der Waals surface area contributed by atoms with Crippen molar-refractivity contribution in [3.8, 4) is 5.95 Å². The van der Waals surface area contributed by atoms with Crippen LogP contribution in [0.3, 0.4) is 0 Å². The van der Waals surface area contributed by atoms with Gasteiger partial charge in [-0.25, -0.2) is 14.5 Å². The van der Waals surface area contributed by atoms with E-state index in [1.54, 1.807) is 4.68 Å². The maximum absolute atomic E-state index is 11.4. The quantitative estimate of drug-likeness (QED) is 0.928. The Hall–Kier alpha value is -2.44. The second-order valence-corrected chi connectivity index (χ2v) is 5.70. The molecule has 0 aromatic carbocycles. The first kappa shape index (κ1) is 14.5. The molecule has 0 amide bonds. The average molecular weight is 301 g/mol. The molecule has 1 atom stereocenters. The maximum atomic E-state index is 11.4. The Labute approximate surface area is 128 Å². The summed E-state index contributed by atoms with van der Waals surface area (Å²) in [6, 6.07) is 3.28. The van der Waals surface area contributed by atoms with E-state index >= 15 is 0 Å². The van der Waals surface area contributed by atoms with E-state index in [2.05, 4.69) is 15.1 Å². The minimum absolute atomic E-state index is 0.483. The number of nitrogens with zero attached hydrogens (tertiary/aromatic N) is 5. The molecule has 2 aromatic rings. The molecule has 2 aromatic heterocycles. The van der Waals surface area contributed by atoms with Gasteiger partial charge in [0.15, 0.2) is 0 Å². The van der Waals surface area contributed by atoms with E-state index in [0.717, 1.165) is 23.5 Å². The third-order valence-electron chi connectivity index (χ3n) is 3.86. The van der Waals surface area contributed by atoms with E-state index in [0.29, 0.717) is 24.7 Å². The molecule has 1 aliphatic heterocycles. The fourth-order valence-electron chi connectivity index (χ4n) is 2.91. The van der Waals surface area contributed by atoms with E-state index in [1.165, 1.54) is 0 Å². The molecule has 3 rings (SSSR count). The number of aromatic nitrogens is 4. The first-order chi connectivity index (χ1) is 10.5. The van der Waals surface area contributed by atoms with E-state index in [9.17, 15) is 9.90 Å². The summed E-state index contributed by atoms with van der Waals surface area (Å²) in [5.74, 6) is 0.332. The fourth-order valence-corrected chi connectivity index (χ4v) is 2.91. The molecule has 3 heterocycles. The highest BCUT2D eigenvalue weighted by molar-refractivity contribution is 5.78. The molecular weight excluding hydrogens is 282 g/mol. The van der Waals surface area contributed by atoms with E-state index in [-0.39, 0.29) is 0 Å². The molecule has 0 saturated carbocycles. The molecule has 0 radical (unpaired) electrons. The molecule has 0 aliphatic carbocycles. The van der Waals surface area contributed by atoms with Crippen molar-refractivity contribution in [2.45, 2.75) is 39.7 Å². The molecule has 7 heteroatoms. The summed E-state index contributed by atoms with van der Waals surface area (Å²) in [6.45, 7) is 6.44. The summed E-state index contributed by atoms with van der Waals surface area (Å²) in [4.78, 5) is 22.2. The Bertz CT molecular complexity index is 725. The highest BCUT2D eigenvalue weighted by Crippen LogP contribution is 2.25. The molecule has 1 fully saturated rings. The Morgan fingerprint density at radius 1 is 1.23 bits per heavy atom. The van der Waals surface area contributed by atoms with Crippen LogP contribution in [0.25, 0.3) is 5.95 Å². The zero-order valence-electron chi connectivity index (χ0n) is 12.9. The molecular formula is C15H19N5O2. The van der Waals surface area contributed by atoms with Gasteiger partial charge in [-0.2, -0.15) is 10.1 Å².